The van der Waals surface area contributed by atoms with Gasteiger partial charge in [-0.15, -0.1) is 11.3 Å². The molecule has 2 rings (SSSR count). The summed E-state index contributed by atoms with van der Waals surface area (Å²) in [5.41, 5.74) is 2.60. The molecule has 0 aliphatic carbocycles. The Balaban J connectivity index is 2.71. The molecule has 0 amide bonds. The Hall–Kier alpha value is -1.20. The van der Waals surface area contributed by atoms with Crippen LogP contribution in [0.4, 0.5) is 5.82 Å². The lowest BCUT2D eigenvalue weighted by Crippen LogP contribution is -2.09. The molecule has 0 aromatic carbocycles. The number of aryl methyl sites for hydroxylation is 2. The molecule has 0 fully saturated rings. The smallest absolute Gasteiger partial charge is 0.152 e. The van der Waals surface area contributed by atoms with Gasteiger partial charge >= 0.3 is 0 Å². The van der Waals surface area contributed by atoms with Crippen LogP contribution in [0.25, 0.3) is 10.2 Å². The van der Waals surface area contributed by atoms with E-state index in [1.54, 1.807) is 11.3 Å². The molecule has 4 nitrogen and oxygen atoms in total. The molecule has 74 valence electrons. The topological polar surface area (TPSA) is 63.8 Å². The molecule has 0 bridgehead atoms. The molecule has 0 saturated heterocycles. The van der Waals surface area contributed by atoms with Gasteiger partial charge in [0.05, 0.1) is 5.39 Å². The van der Waals surface area contributed by atoms with Gasteiger partial charge in [0.15, 0.2) is 5.82 Å². The minimum atomic E-state index is 0.712. The zero-order chi connectivity index (χ0) is 10.1. The van der Waals surface area contributed by atoms with Gasteiger partial charge in [-0.3, -0.25) is 0 Å². The predicted molar refractivity (Wildman–Crippen MR) is 59.3 cm³/mol. The fourth-order valence-electron chi connectivity index (χ4n) is 1.36. The van der Waals surface area contributed by atoms with Crippen molar-refractivity contribution in [2.24, 2.45) is 5.84 Å². The summed E-state index contributed by atoms with van der Waals surface area (Å²) in [6.07, 6.45) is 1.02. The summed E-state index contributed by atoms with van der Waals surface area (Å²) in [7, 11) is 0. The highest BCUT2D eigenvalue weighted by Crippen LogP contribution is 2.28. The SMILES string of the molecule is CCc1cc2c(NN)nc(C)nc2s1. The van der Waals surface area contributed by atoms with E-state index in [9.17, 15) is 0 Å². The molecule has 2 aromatic heterocycles. The van der Waals surface area contributed by atoms with Crippen LogP contribution in [-0.4, -0.2) is 9.97 Å². The fourth-order valence-corrected chi connectivity index (χ4v) is 2.38. The third-order valence-corrected chi connectivity index (χ3v) is 3.21. The van der Waals surface area contributed by atoms with E-state index in [-0.39, 0.29) is 0 Å². The molecule has 14 heavy (non-hydrogen) atoms. The minimum Gasteiger partial charge on any atom is -0.308 e. The van der Waals surface area contributed by atoms with Crippen LogP contribution >= 0.6 is 11.3 Å². The standard InChI is InChI=1S/C9H12N4S/c1-3-6-4-7-8(13-10)11-5(2)12-9(7)14-6/h4H,3,10H2,1-2H3,(H,11,12,13). The first kappa shape index (κ1) is 9.36. The van der Waals surface area contributed by atoms with Crippen LogP contribution in [0, 0.1) is 6.92 Å². The fraction of sp³-hybridized carbons (Fsp3) is 0.333. The maximum atomic E-state index is 5.40. The molecule has 2 heterocycles. The predicted octanol–water partition coefficient (Wildman–Crippen LogP) is 1.85. The quantitative estimate of drug-likeness (QED) is 0.584. The van der Waals surface area contributed by atoms with Crippen molar-refractivity contribution in [3.8, 4) is 0 Å². The number of hydrogen-bond donors (Lipinski definition) is 2. The lowest BCUT2D eigenvalue weighted by atomic mass is 10.3. The van der Waals surface area contributed by atoms with Crippen molar-refractivity contribution in [1.29, 1.82) is 0 Å². The van der Waals surface area contributed by atoms with Gasteiger partial charge in [-0.2, -0.15) is 0 Å². The monoisotopic (exact) mass is 208 g/mol. The summed E-state index contributed by atoms with van der Waals surface area (Å²) in [5, 5.41) is 1.01. The van der Waals surface area contributed by atoms with E-state index in [0.717, 1.165) is 22.5 Å². The Bertz CT molecular complexity index is 463. The largest absolute Gasteiger partial charge is 0.308 e. The van der Waals surface area contributed by atoms with Crippen molar-refractivity contribution in [2.45, 2.75) is 20.3 Å². The van der Waals surface area contributed by atoms with Crippen LogP contribution < -0.4 is 11.3 Å². The van der Waals surface area contributed by atoms with E-state index >= 15 is 0 Å². The summed E-state index contributed by atoms with van der Waals surface area (Å²) in [4.78, 5) is 10.9. The van der Waals surface area contributed by atoms with E-state index in [0.29, 0.717) is 5.82 Å². The van der Waals surface area contributed by atoms with Gasteiger partial charge in [0.25, 0.3) is 0 Å². The molecule has 5 heteroatoms. The number of nitrogens with one attached hydrogen (secondary N) is 1. The molecule has 0 saturated carbocycles. The Morgan fingerprint density at radius 2 is 2.29 bits per heavy atom. The van der Waals surface area contributed by atoms with Crippen molar-refractivity contribution in [3.05, 3.63) is 16.8 Å². The van der Waals surface area contributed by atoms with Crippen molar-refractivity contribution in [2.75, 3.05) is 5.43 Å². The number of thiophene rings is 1. The van der Waals surface area contributed by atoms with E-state index in [4.69, 9.17) is 5.84 Å². The second-order valence-electron chi connectivity index (χ2n) is 3.05. The number of nitrogen functional groups attached to an aromatic ring is 1. The van der Waals surface area contributed by atoms with Crippen LogP contribution in [0.3, 0.4) is 0 Å². The van der Waals surface area contributed by atoms with E-state index in [1.165, 1.54) is 4.88 Å². The van der Waals surface area contributed by atoms with Gasteiger partial charge in [-0.1, -0.05) is 6.92 Å². The Morgan fingerprint density at radius 1 is 1.50 bits per heavy atom. The highest BCUT2D eigenvalue weighted by molar-refractivity contribution is 7.18. The average molecular weight is 208 g/mol. The van der Waals surface area contributed by atoms with Gasteiger partial charge in [-0.25, -0.2) is 15.8 Å². The molecular formula is C9H12N4S. The number of nitrogens with two attached hydrogens (primary N) is 1. The summed E-state index contributed by atoms with van der Waals surface area (Å²) in [6.45, 7) is 3.99. The second kappa shape index (κ2) is 3.51. The van der Waals surface area contributed by atoms with E-state index in [2.05, 4.69) is 28.4 Å². The normalized spacial score (nSPS) is 10.8. The Morgan fingerprint density at radius 3 is 2.93 bits per heavy atom. The number of hydrogen-bond acceptors (Lipinski definition) is 5. The second-order valence-corrected chi connectivity index (χ2v) is 4.16. The van der Waals surface area contributed by atoms with Gasteiger partial charge in [0.2, 0.25) is 0 Å². The number of nitrogens with zero attached hydrogens (tertiary/aromatic N) is 2. The average Bonchev–Trinajstić information content (AvgIpc) is 2.59. The maximum Gasteiger partial charge on any atom is 0.152 e. The highest BCUT2D eigenvalue weighted by atomic mass is 32.1. The summed E-state index contributed by atoms with van der Waals surface area (Å²) >= 11 is 1.69. The molecule has 0 spiro atoms. The highest BCUT2D eigenvalue weighted by Gasteiger charge is 2.08. The van der Waals surface area contributed by atoms with Gasteiger partial charge in [-0.05, 0) is 19.4 Å². The van der Waals surface area contributed by atoms with Crippen LogP contribution in [0.15, 0.2) is 6.07 Å². The first-order chi connectivity index (χ1) is 6.74. The third kappa shape index (κ3) is 1.44. The Kier molecular flexibility index (Phi) is 2.35. The Labute approximate surface area is 86.1 Å². The van der Waals surface area contributed by atoms with Gasteiger partial charge in [0, 0.05) is 4.88 Å². The molecule has 0 unspecified atom stereocenters. The summed E-state index contributed by atoms with van der Waals surface area (Å²) < 4.78 is 0. The molecule has 0 atom stereocenters. The summed E-state index contributed by atoms with van der Waals surface area (Å²) in [6, 6.07) is 2.09. The van der Waals surface area contributed by atoms with Gasteiger partial charge in [0.1, 0.15) is 10.7 Å². The molecule has 0 radical (unpaired) electrons. The maximum absolute atomic E-state index is 5.40. The van der Waals surface area contributed by atoms with Crippen LogP contribution in [0.2, 0.25) is 0 Å². The van der Waals surface area contributed by atoms with E-state index < -0.39 is 0 Å². The van der Waals surface area contributed by atoms with Crippen molar-refractivity contribution in [1.82, 2.24) is 9.97 Å². The van der Waals surface area contributed by atoms with Gasteiger partial charge < -0.3 is 5.43 Å². The molecular weight excluding hydrogens is 196 g/mol. The summed E-state index contributed by atoms with van der Waals surface area (Å²) in [5.74, 6) is 6.86. The number of fused-ring (bicyclic) bond motifs is 1. The lowest BCUT2D eigenvalue weighted by molar-refractivity contribution is 1.08. The van der Waals surface area contributed by atoms with Crippen LogP contribution in [0.5, 0.6) is 0 Å². The van der Waals surface area contributed by atoms with Crippen molar-refractivity contribution < 1.29 is 0 Å². The molecule has 2 aromatic rings. The molecule has 0 aliphatic heterocycles. The lowest BCUT2D eigenvalue weighted by Gasteiger charge is -2.00. The zero-order valence-corrected chi connectivity index (χ0v) is 8.98. The van der Waals surface area contributed by atoms with Crippen molar-refractivity contribution in [3.63, 3.8) is 0 Å². The minimum absolute atomic E-state index is 0.712. The van der Waals surface area contributed by atoms with Crippen LogP contribution in [-0.2, 0) is 6.42 Å². The first-order valence-electron chi connectivity index (χ1n) is 4.48. The zero-order valence-electron chi connectivity index (χ0n) is 8.16. The van der Waals surface area contributed by atoms with Crippen LogP contribution in [0.1, 0.15) is 17.6 Å². The number of rotatable bonds is 2. The first-order valence-corrected chi connectivity index (χ1v) is 5.30. The molecule has 0 aliphatic rings. The third-order valence-electron chi connectivity index (χ3n) is 2.04. The van der Waals surface area contributed by atoms with E-state index in [1.807, 2.05) is 6.92 Å². The number of hydrazine groups is 1. The number of anilines is 1. The number of aromatic nitrogens is 2. The molecule has 3 N–H and O–H groups in total. The van der Waals surface area contributed by atoms with Crippen molar-refractivity contribution >= 4 is 27.4 Å².